The SMILES string of the molecule is COc1cc(C=NNC(=O)c2ccccn2)c(Br)cc1OCc1ccccc1. The van der Waals surface area contributed by atoms with Crippen LogP contribution >= 0.6 is 15.9 Å². The van der Waals surface area contributed by atoms with E-state index in [0.29, 0.717) is 23.8 Å². The summed E-state index contributed by atoms with van der Waals surface area (Å²) in [6.07, 6.45) is 3.07. The van der Waals surface area contributed by atoms with Gasteiger partial charge in [0.1, 0.15) is 12.3 Å². The third-order valence-electron chi connectivity index (χ3n) is 3.79. The molecule has 0 unspecified atom stereocenters. The molecule has 0 aliphatic rings. The van der Waals surface area contributed by atoms with Gasteiger partial charge >= 0.3 is 0 Å². The van der Waals surface area contributed by atoms with Gasteiger partial charge in [0, 0.05) is 16.2 Å². The molecule has 0 bridgehead atoms. The first kappa shape index (κ1) is 19.6. The number of halogens is 1. The van der Waals surface area contributed by atoms with E-state index in [0.717, 1.165) is 15.6 Å². The van der Waals surface area contributed by atoms with Gasteiger partial charge in [-0.2, -0.15) is 5.10 Å². The lowest BCUT2D eigenvalue weighted by Crippen LogP contribution is -2.18. The normalized spacial score (nSPS) is 10.6. The summed E-state index contributed by atoms with van der Waals surface area (Å²) < 4.78 is 12.1. The van der Waals surface area contributed by atoms with Gasteiger partial charge in [0.25, 0.3) is 5.91 Å². The lowest BCUT2D eigenvalue weighted by atomic mass is 10.2. The van der Waals surface area contributed by atoms with Crippen molar-refractivity contribution in [3.05, 3.63) is 88.2 Å². The van der Waals surface area contributed by atoms with Gasteiger partial charge in [0.15, 0.2) is 11.5 Å². The van der Waals surface area contributed by atoms with Crippen molar-refractivity contribution < 1.29 is 14.3 Å². The summed E-state index contributed by atoms with van der Waals surface area (Å²) in [6.45, 7) is 0.428. The minimum Gasteiger partial charge on any atom is -0.493 e. The Morgan fingerprint density at radius 1 is 1.14 bits per heavy atom. The third-order valence-corrected chi connectivity index (χ3v) is 4.47. The highest BCUT2D eigenvalue weighted by Gasteiger charge is 2.10. The molecule has 3 rings (SSSR count). The molecule has 0 spiro atoms. The van der Waals surface area contributed by atoms with Crippen molar-refractivity contribution in [2.45, 2.75) is 6.61 Å². The fourth-order valence-electron chi connectivity index (χ4n) is 2.37. The average Bonchev–Trinajstić information content (AvgIpc) is 2.74. The van der Waals surface area contributed by atoms with E-state index in [1.165, 1.54) is 6.21 Å². The molecule has 28 heavy (non-hydrogen) atoms. The molecule has 3 aromatic rings. The molecule has 1 N–H and O–H groups in total. The Labute approximate surface area is 171 Å². The van der Waals surface area contributed by atoms with Gasteiger partial charge in [0.05, 0.1) is 13.3 Å². The van der Waals surface area contributed by atoms with E-state index in [1.807, 2.05) is 36.4 Å². The summed E-state index contributed by atoms with van der Waals surface area (Å²) in [6, 6.07) is 18.6. The number of pyridine rings is 1. The molecule has 1 amide bonds. The van der Waals surface area contributed by atoms with Gasteiger partial charge in [-0.1, -0.05) is 36.4 Å². The number of methoxy groups -OCH3 is 1. The zero-order valence-electron chi connectivity index (χ0n) is 15.1. The van der Waals surface area contributed by atoms with Gasteiger partial charge < -0.3 is 9.47 Å². The van der Waals surface area contributed by atoms with E-state index in [-0.39, 0.29) is 5.91 Å². The zero-order chi connectivity index (χ0) is 19.8. The number of nitrogens with one attached hydrogen (secondary N) is 1. The second-order valence-corrected chi connectivity index (χ2v) is 6.57. The van der Waals surface area contributed by atoms with Crippen LogP contribution in [0, 0.1) is 0 Å². The first-order valence-corrected chi connectivity index (χ1v) is 9.25. The molecule has 2 aromatic carbocycles. The number of benzene rings is 2. The predicted molar refractivity (Wildman–Crippen MR) is 111 cm³/mol. The lowest BCUT2D eigenvalue weighted by Gasteiger charge is -2.12. The van der Waals surface area contributed by atoms with Crippen molar-refractivity contribution in [2.24, 2.45) is 5.10 Å². The van der Waals surface area contributed by atoms with Crippen LogP contribution in [-0.2, 0) is 6.61 Å². The molecule has 1 aromatic heterocycles. The van der Waals surface area contributed by atoms with E-state index < -0.39 is 0 Å². The van der Waals surface area contributed by atoms with Crippen LogP contribution in [0.5, 0.6) is 11.5 Å². The fourth-order valence-corrected chi connectivity index (χ4v) is 2.80. The van der Waals surface area contributed by atoms with E-state index >= 15 is 0 Å². The molecule has 0 atom stereocenters. The molecule has 0 radical (unpaired) electrons. The second-order valence-electron chi connectivity index (χ2n) is 5.71. The summed E-state index contributed by atoms with van der Waals surface area (Å²) >= 11 is 3.50. The van der Waals surface area contributed by atoms with E-state index in [9.17, 15) is 4.79 Å². The Hall–Kier alpha value is -3.19. The Bertz CT molecular complexity index is 963. The van der Waals surface area contributed by atoms with Crippen LogP contribution in [0.25, 0.3) is 0 Å². The molecule has 0 fully saturated rings. The minimum atomic E-state index is -0.386. The van der Waals surface area contributed by atoms with Crippen LogP contribution in [0.2, 0.25) is 0 Å². The molecule has 1 heterocycles. The van der Waals surface area contributed by atoms with Crippen LogP contribution in [0.1, 0.15) is 21.6 Å². The van der Waals surface area contributed by atoms with Crippen LogP contribution in [0.4, 0.5) is 0 Å². The predicted octanol–water partition coefficient (Wildman–Crippen LogP) is 4.20. The van der Waals surface area contributed by atoms with Crippen molar-refractivity contribution in [3.8, 4) is 11.5 Å². The Morgan fingerprint density at radius 3 is 2.64 bits per heavy atom. The molecule has 0 saturated carbocycles. The molecule has 0 aliphatic carbocycles. The Morgan fingerprint density at radius 2 is 1.93 bits per heavy atom. The Balaban J connectivity index is 1.69. The van der Waals surface area contributed by atoms with E-state index in [4.69, 9.17) is 9.47 Å². The van der Waals surface area contributed by atoms with Gasteiger partial charge in [0.2, 0.25) is 0 Å². The number of carbonyl (C=O) groups is 1. The number of nitrogens with zero attached hydrogens (tertiary/aromatic N) is 2. The number of hydrazone groups is 1. The van der Waals surface area contributed by atoms with Crippen LogP contribution in [0.3, 0.4) is 0 Å². The highest BCUT2D eigenvalue weighted by atomic mass is 79.9. The van der Waals surface area contributed by atoms with Crippen molar-refractivity contribution in [3.63, 3.8) is 0 Å². The van der Waals surface area contributed by atoms with Crippen LogP contribution < -0.4 is 14.9 Å². The maximum Gasteiger partial charge on any atom is 0.289 e. The maximum atomic E-state index is 12.0. The van der Waals surface area contributed by atoms with Crippen LogP contribution in [0.15, 0.2) is 76.4 Å². The lowest BCUT2D eigenvalue weighted by molar-refractivity contribution is 0.0950. The summed E-state index contributed by atoms with van der Waals surface area (Å²) in [5.74, 6) is 0.785. The molecular formula is C21H18BrN3O3. The minimum absolute atomic E-state index is 0.293. The second kappa shape index (κ2) is 9.66. The number of hydrogen-bond acceptors (Lipinski definition) is 5. The topological polar surface area (TPSA) is 72.8 Å². The number of carbonyl (C=O) groups excluding carboxylic acids is 1. The van der Waals surface area contributed by atoms with E-state index in [2.05, 4.69) is 31.4 Å². The zero-order valence-corrected chi connectivity index (χ0v) is 16.7. The summed E-state index contributed by atoms with van der Waals surface area (Å²) in [5.41, 5.74) is 4.53. The standard InChI is InChI=1S/C21H18BrN3O3/c1-27-19-11-16(13-24-25-21(26)18-9-5-6-10-23-18)17(22)12-20(19)28-14-15-7-3-2-4-8-15/h2-13H,14H2,1H3,(H,25,26). The first-order chi connectivity index (χ1) is 13.7. The number of rotatable bonds is 7. The molecule has 142 valence electrons. The monoisotopic (exact) mass is 439 g/mol. The maximum absolute atomic E-state index is 12.0. The van der Waals surface area contributed by atoms with Gasteiger partial charge in [-0.05, 0) is 45.8 Å². The number of ether oxygens (including phenoxy) is 2. The molecule has 6 nitrogen and oxygen atoms in total. The van der Waals surface area contributed by atoms with Crippen molar-refractivity contribution >= 4 is 28.1 Å². The van der Waals surface area contributed by atoms with E-state index in [1.54, 1.807) is 37.6 Å². The van der Waals surface area contributed by atoms with Gasteiger partial charge in [-0.25, -0.2) is 5.43 Å². The van der Waals surface area contributed by atoms with Gasteiger partial charge in [-0.3, -0.25) is 9.78 Å². The van der Waals surface area contributed by atoms with Crippen molar-refractivity contribution in [1.29, 1.82) is 0 Å². The average molecular weight is 440 g/mol. The molecule has 0 aliphatic heterocycles. The smallest absolute Gasteiger partial charge is 0.289 e. The molecule has 7 heteroatoms. The summed E-state index contributed by atoms with van der Waals surface area (Å²) in [4.78, 5) is 15.9. The number of aromatic nitrogens is 1. The highest BCUT2D eigenvalue weighted by molar-refractivity contribution is 9.10. The number of amides is 1. The highest BCUT2D eigenvalue weighted by Crippen LogP contribution is 2.33. The Kier molecular flexibility index (Phi) is 6.75. The van der Waals surface area contributed by atoms with Crippen LogP contribution in [-0.4, -0.2) is 24.2 Å². The molecular weight excluding hydrogens is 422 g/mol. The molecule has 0 saturated heterocycles. The van der Waals surface area contributed by atoms with Crippen molar-refractivity contribution in [2.75, 3.05) is 7.11 Å². The van der Waals surface area contributed by atoms with Crippen molar-refractivity contribution in [1.82, 2.24) is 10.4 Å². The quantitative estimate of drug-likeness (QED) is 0.442. The fraction of sp³-hybridized carbons (Fsp3) is 0.0952. The summed E-state index contributed by atoms with van der Waals surface area (Å²) in [5, 5.41) is 3.99. The number of hydrogen-bond donors (Lipinski definition) is 1. The summed E-state index contributed by atoms with van der Waals surface area (Å²) in [7, 11) is 1.57. The third kappa shape index (κ3) is 5.17. The largest absolute Gasteiger partial charge is 0.493 e. The first-order valence-electron chi connectivity index (χ1n) is 8.46. The van der Waals surface area contributed by atoms with Gasteiger partial charge in [-0.15, -0.1) is 0 Å².